The number of thiazole rings is 1. The Morgan fingerprint density at radius 2 is 1.79 bits per heavy atom. The van der Waals surface area contributed by atoms with Gasteiger partial charge in [-0.25, -0.2) is 4.98 Å². The van der Waals surface area contributed by atoms with Gasteiger partial charge < -0.3 is 9.47 Å². The predicted molar refractivity (Wildman–Crippen MR) is 100 cm³/mol. The van der Waals surface area contributed by atoms with Crippen LogP contribution in [-0.4, -0.2) is 35.0 Å². The van der Waals surface area contributed by atoms with Crippen LogP contribution in [0.5, 0.6) is 11.5 Å². The Labute approximate surface area is 160 Å². The van der Waals surface area contributed by atoms with Gasteiger partial charge in [-0.2, -0.15) is 0 Å². The van der Waals surface area contributed by atoms with Crippen LogP contribution in [0.1, 0.15) is 10.4 Å². The molecule has 11 nitrogen and oxygen atoms in total. The third-order valence-electron chi connectivity index (χ3n) is 3.73. The highest BCUT2D eigenvalue weighted by atomic mass is 32.1. The van der Waals surface area contributed by atoms with Crippen molar-refractivity contribution >= 4 is 44.0 Å². The van der Waals surface area contributed by atoms with Gasteiger partial charge in [0.15, 0.2) is 16.6 Å². The molecule has 0 aliphatic carbocycles. The lowest BCUT2D eigenvalue weighted by molar-refractivity contribution is -0.385. The molecule has 1 aromatic heterocycles. The molecule has 1 heterocycles. The number of rotatable bonds is 6. The average molecular weight is 404 g/mol. The number of nitrogens with zero attached hydrogens (tertiary/aromatic N) is 3. The van der Waals surface area contributed by atoms with E-state index in [-0.39, 0.29) is 33.6 Å². The van der Waals surface area contributed by atoms with Crippen LogP contribution in [0.3, 0.4) is 0 Å². The van der Waals surface area contributed by atoms with Crippen LogP contribution in [0.2, 0.25) is 0 Å². The first-order valence-corrected chi connectivity index (χ1v) is 8.42. The maximum Gasteiger partial charge on any atom is 0.311 e. The van der Waals surface area contributed by atoms with E-state index >= 15 is 0 Å². The Morgan fingerprint density at radius 1 is 1.07 bits per heavy atom. The number of nitrogens with one attached hydrogen (secondary N) is 1. The number of amides is 1. The maximum absolute atomic E-state index is 12.4. The Bertz CT molecular complexity index is 1110. The van der Waals surface area contributed by atoms with E-state index in [1.165, 1.54) is 38.5 Å². The number of carbonyl (C=O) groups is 1. The number of benzene rings is 2. The van der Waals surface area contributed by atoms with Gasteiger partial charge in [-0.1, -0.05) is 11.3 Å². The van der Waals surface area contributed by atoms with E-state index < -0.39 is 15.8 Å². The minimum Gasteiger partial charge on any atom is -0.494 e. The first-order chi connectivity index (χ1) is 13.3. The van der Waals surface area contributed by atoms with E-state index in [0.29, 0.717) is 10.2 Å². The zero-order valence-electron chi connectivity index (χ0n) is 14.5. The topological polar surface area (TPSA) is 147 Å². The summed E-state index contributed by atoms with van der Waals surface area (Å²) in [5.41, 5.74) is -0.132. The molecule has 0 fully saturated rings. The molecule has 28 heavy (non-hydrogen) atoms. The molecule has 12 heteroatoms. The highest BCUT2D eigenvalue weighted by molar-refractivity contribution is 7.22. The van der Waals surface area contributed by atoms with Crippen molar-refractivity contribution in [1.29, 1.82) is 0 Å². The van der Waals surface area contributed by atoms with Gasteiger partial charge in [0.05, 0.1) is 34.8 Å². The van der Waals surface area contributed by atoms with E-state index in [4.69, 9.17) is 9.47 Å². The van der Waals surface area contributed by atoms with Gasteiger partial charge in [0, 0.05) is 17.7 Å². The number of anilines is 1. The van der Waals surface area contributed by atoms with Crippen LogP contribution < -0.4 is 14.8 Å². The van der Waals surface area contributed by atoms with Crippen molar-refractivity contribution < 1.29 is 24.1 Å². The highest BCUT2D eigenvalue weighted by Crippen LogP contribution is 2.36. The van der Waals surface area contributed by atoms with Crippen LogP contribution in [0.25, 0.3) is 10.2 Å². The monoisotopic (exact) mass is 404 g/mol. The third-order valence-corrected chi connectivity index (χ3v) is 4.65. The van der Waals surface area contributed by atoms with Gasteiger partial charge in [0.1, 0.15) is 5.52 Å². The van der Waals surface area contributed by atoms with Crippen LogP contribution >= 0.6 is 11.3 Å². The molecule has 3 aromatic rings. The van der Waals surface area contributed by atoms with Crippen molar-refractivity contribution in [2.45, 2.75) is 0 Å². The third kappa shape index (κ3) is 3.53. The lowest BCUT2D eigenvalue weighted by atomic mass is 10.2. The minimum atomic E-state index is -0.655. The SMILES string of the molecule is COc1ccc(C(=O)Nc2nc3c(OC)cc([N+](=O)[O-])cc3s2)cc1[N+](=O)[O-]. The lowest BCUT2D eigenvalue weighted by Crippen LogP contribution is -2.12. The van der Waals surface area contributed by atoms with Crippen molar-refractivity contribution in [3.8, 4) is 11.5 Å². The molecule has 1 N–H and O–H groups in total. The van der Waals surface area contributed by atoms with Crippen molar-refractivity contribution in [2.75, 3.05) is 19.5 Å². The minimum absolute atomic E-state index is 0.0265. The summed E-state index contributed by atoms with van der Waals surface area (Å²) in [4.78, 5) is 37.6. The molecule has 144 valence electrons. The molecule has 0 aliphatic heterocycles. The van der Waals surface area contributed by atoms with Crippen LogP contribution in [0, 0.1) is 20.2 Å². The number of non-ortho nitro benzene ring substituents is 1. The molecule has 1 amide bonds. The second kappa shape index (κ2) is 7.44. The van der Waals surface area contributed by atoms with Crippen LogP contribution in [0.4, 0.5) is 16.5 Å². The second-order valence-corrected chi connectivity index (χ2v) is 6.40. The number of hydrogen-bond acceptors (Lipinski definition) is 9. The zero-order chi connectivity index (χ0) is 20.4. The van der Waals surface area contributed by atoms with Gasteiger partial charge in [-0.3, -0.25) is 30.3 Å². The fourth-order valence-corrected chi connectivity index (χ4v) is 3.35. The summed E-state index contributed by atoms with van der Waals surface area (Å²) in [6.45, 7) is 0. The summed E-state index contributed by atoms with van der Waals surface area (Å²) in [6, 6.07) is 6.34. The fraction of sp³-hybridized carbons (Fsp3) is 0.125. The molecule has 0 unspecified atom stereocenters. The Morgan fingerprint density at radius 3 is 2.39 bits per heavy atom. The first-order valence-electron chi connectivity index (χ1n) is 7.60. The molecule has 0 saturated carbocycles. The molecule has 0 bridgehead atoms. The summed E-state index contributed by atoms with van der Waals surface area (Å²) < 4.78 is 10.5. The van der Waals surface area contributed by atoms with E-state index in [0.717, 1.165) is 17.4 Å². The highest BCUT2D eigenvalue weighted by Gasteiger charge is 2.20. The number of nitro groups is 2. The number of methoxy groups -OCH3 is 2. The maximum atomic E-state index is 12.4. The van der Waals surface area contributed by atoms with Crippen molar-refractivity contribution in [3.05, 3.63) is 56.1 Å². The van der Waals surface area contributed by atoms with Crippen molar-refractivity contribution in [2.24, 2.45) is 0 Å². The van der Waals surface area contributed by atoms with E-state index in [1.807, 2.05) is 0 Å². The summed E-state index contributed by atoms with van der Waals surface area (Å²) in [5.74, 6) is -0.405. The molecule has 0 saturated heterocycles. The van der Waals surface area contributed by atoms with Gasteiger partial charge in [-0.15, -0.1) is 0 Å². The zero-order valence-corrected chi connectivity index (χ0v) is 15.3. The Kier molecular flexibility index (Phi) is 5.04. The Balaban J connectivity index is 1.94. The number of hydrogen-bond donors (Lipinski definition) is 1. The molecule has 0 radical (unpaired) electrons. The summed E-state index contributed by atoms with van der Waals surface area (Å²) in [6.07, 6.45) is 0. The van der Waals surface area contributed by atoms with Gasteiger partial charge in [0.25, 0.3) is 11.6 Å². The summed E-state index contributed by atoms with van der Waals surface area (Å²) >= 11 is 1.01. The number of nitro benzene ring substituents is 2. The number of aromatic nitrogens is 1. The van der Waals surface area contributed by atoms with Gasteiger partial charge in [-0.05, 0) is 12.1 Å². The molecular formula is C16H12N4O7S. The summed E-state index contributed by atoms with van der Waals surface area (Å²) in [5, 5.41) is 24.8. The normalized spacial score (nSPS) is 10.5. The van der Waals surface area contributed by atoms with Crippen LogP contribution in [-0.2, 0) is 0 Å². The van der Waals surface area contributed by atoms with Crippen molar-refractivity contribution in [1.82, 2.24) is 4.98 Å². The average Bonchev–Trinajstić information content (AvgIpc) is 3.08. The van der Waals surface area contributed by atoms with E-state index in [1.54, 1.807) is 0 Å². The molecular weight excluding hydrogens is 392 g/mol. The van der Waals surface area contributed by atoms with Crippen molar-refractivity contribution in [3.63, 3.8) is 0 Å². The second-order valence-electron chi connectivity index (χ2n) is 5.37. The fourth-order valence-electron chi connectivity index (χ4n) is 2.44. The number of carbonyl (C=O) groups excluding carboxylic acids is 1. The molecule has 0 atom stereocenters. The standard InChI is InChI=1S/C16H12N4O7S/c1-26-11-4-3-8(5-10(11)20(24)25)15(21)18-16-17-14-12(27-2)6-9(19(22)23)7-13(14)28-16/h3-7H,1-2H3,(H,17,18,21). The largest absolute Gasteiger partial charge is 0.494 e. The first kappa shape index (κ1) is 19.0. The molecule has 0 aliphatic rings. The number of fused-ring (bicyclic) bond motifs is 1. The molecule has 3 rings (SSSR count). The lowest BCUT2D eigenvalue weighted by Gasteiger charge is -2.04. The van der Waals surface area contributed by atoms with Gasteiger partial charge in [0.2, 0.25) is 0 Å². The van der Waals surface area contributed by atoms with Crippen LogP contribution in [0.15, 0.2) is 30.3 Å². The Hall–Kier alpha value is -3.80. The van der Waals surface area contributed by atoms with E-state index in [2.05, 4.69) is 10.3 Å². The van der Waals surface area contributed by atoms with E-state index in [9.17, 15) is 25.0 Å². The predicted octanol–water partition coefficient (Wildman–Crippen LogP) is 3.38. The summed E-state index contributed by atoms with van der Waals surface area (Å²) in [7, 11) is 2.64. The number of ether oxygens (including phenoxy) is 2. The molecule has 0 spiro atoms. The smallest absolute Gasteiger partial charge is 0.311 e. The van der Waals surface area contributed by atoms with Gasteiger partial charge >= 0.3 is 5.69 Å². The quantitative estimate of drug-likeness (QED) is 0.486. The molecule has 2 aromatic carbocycles.